The third-order valence-electron chi connectivity index (χ3n) is 3.86. The topological polar surface area (TPSA) is 15.3 Å². The minimum absolute atomic E-state index is 0.758. The number of nitrogens with zero attached hydrogens (tertiary/aromatic N) is 1. The Morgan fingerprint density at radius 3 is 2.29 bits per heavy atom. The van der Waals surface area contributed by atoms with Crippen LogP contribution < -0.4 is 5.32 Å². The zero-order valence-electron chi connectivity index (χ0n) is 12.0. The van der Waals surface area contributed by atoms with Gasteiger partial charge in [0, 0.05) is 25.7 Å². The molecule has 1 heterocycles. The number of nitrogens with one attached hydrogen (secondary N) is 1. The molecule has 1 saturated heterocycles. The summed E-state index contributed by atoms with van der Waals surface area (Å²) in [5, 5.41) is 3.63. The fourth-order valence-electron chi connectivity index (χ4n) is 2.71. The smallest absolute Gasteiger partial charge is 0.0195 e. The van der Waals surface area contributed by atoms with Crippen molar-refractivity contribution in [3.8, 4) is 0 Å². The summed E-state index contributed by atoms with van der Waals surface area (Å²) in [6.45, 7) is 5.93. The molecular weight excluding hydrogens is 208 g/mol. The number of piperazine rings is 1. The number of hydrogen-bond donors (Lipinski definition) is 1. The van der Waals surface area contributed by atoms with Crippen LogP contribution in [0.2, 0.25) is 0 Å². The van der Waals surface area contributed by atoms with Gasteiger partial charge in [0.25, 0.3) is 0 Å². The Balaban J connectivity index is 1.83. The van der Waals surface area contributed by atoms with E-state index in [4.69, 9.17) is 0 Å². The van der Waals surface area contributed by atoms with Gasteiger partial charge in [0.1, 0.15) is 0 Å². The predicted octanol–water partition coefficient (Wildman–Crippen LogP) is 3.42. The highest BCUT2D eigenvalue weighted by molar-refractivity contribution is 4.76. The third-order valence-corrected chi connectivity index (χ3v) is 3.86. The molecule has 17 heavy (non-hydrogen) atoms. The van der Waals surface area contributed by atoms with E-state index >= 15 is 0 Å². The lowest BCUT2D eigenvalue weighted by atomic mass is 10.0. The Hall–Kier alpha value is -0.0800. The van der Waals surface area contributed by atoms with Crippen molar-refractivity contribution in [2.24, 2.45) is 0 Å². The Labute approximate surface area is 108 Å². The van der Waals surface area contributed by atoms with Gasteiger partial charge in [0.15, 0.2) is 0 Å². The summed E-state index contributed by atoms with van der Waals surface area (Å²) in [4.78, 5) is 2.45. The lowest BCUT2D eigenvalue weighted by Crippen LogP contribution is -2.48. The Kier molecular flexibility index (Phi) is 8.72. The first-order valence-electron chi connectivity index (χ1n) is 7.75. The van der Waals surface area contributed by atoms with Gasteiger partial charge in [-0.3, -0.25) is 0 Å². The van der Waals surface area contributed by atoms with Crippen LogP contribution in [0.25, 0.3) is 0 Å². The molecule has 0 aliphatic carbocycles. The molecule has 1 unspecified atom stereocenters. The number of hydrogen-bond acceptors (Lipinski definition) is 2. The van der Waals surface area contributed by atoms with E-state index in [1.165, 1.54) is 77.4 Å². The lowest BCUT2D eigenvalue weighted by Gasteiger charge is -2.30. The first kappa shape index (κ1) is 15.0. The van der Waals surface area contributed by atoms with Gasteiger partial charge in [-0.1, -0.05) is 58.3 Å². The van der Waals surface area contributed by atoms with Crippen LogP contribution in [-0.2, 0) is 0 Å². The molecule has 0 aromatic carbocycles. The molecule has 1 rings (SSSR count). The fraction of sp³-hybridized carbons (Fsp3) is 1.00. The van der Waals surface area contributed by atoms with Crippen molar-refractivity contribution in [1.29, 1.82) is 0 Å². The second-order valence-corrected chi connectivity index (χ2v) is 5.68. The highest BCUT2D eigenvalue weighted by Gasteiger charge is 2.15. The molecule has 1 fully saturated rings. The largest absolute Gasteiger partial charge is 0.311 e. The molecular formula is C15H32N2. The highest BCUT2D eigenvalue weighted by Crippen LogP contribution is 2.11. The van der Waals surface area contributed by atoms with Crippen molar-refractivity contribution in [2.75, 3.05) is 26.7 Å². The first-order chi connectivity index (χ1) is 8.33. The molecule has 0 spiro atoms. The zero-order valence-corrected chi connectivity index (χ0v) is 12.0. The van der Waals surface area contributed by atoms with Gasteiger partial charge < -0.3 is 10.2 Å². The van der Waals surface area contributed by atoms with Gasteiger partial charge in [0.05, 0.1) is 0 Å². The summed E-state index contributed by atoms with van der Waals surface area (Å²) in [7, 11) is 2.24. The average Bonchev–Trinajstić information content (AvgIpc) is 2.33. The third kappa shape index (κ3) is 7.77. The molecule has 1 atom stereocenters. The number of rotatable bonds is 9. The van der Waals surface area contributed by atoms with Gasteiger partial charge in [0.2, 0.25) is 0 Å². The van der Waals surface area contributed by atoms with Crippen LogP contribution >= 0.6 is 0 Å². The van der Waals surface area contributed by atoms with Crippen molar-refractivity contribution in [1.82, 2.24) is 10.2 Å². The maximum absolute atomic E-state index is 3.63. The van der Waals surface area contributed by atoms with E-state index in [9.17, 15) is 0 Å². The van der Waals surface area contributed by atoms with E-state index in [0.29, 0.717) is 0 Å². The van der Waals surface area contributed by atoms with Crippen LogP contribution in [0.3, 0.4) is 0 Å². The summed E-state index contributed by atoms with van der Waals surface area (Å²) in [6.07, 6.45) is 12.8. The molecule has 0 saturated carbocycles. The Morgan fingerprint density at radius 1 is 1.00 bits per heavy atom. The molecule has 0 amide bonds. The molecule has 1 aliphatic heterocycles. The summed E-state index contributed by atoms with van der Waals surface area (Å²) in [6, 6.07) is 0.758. The molecule has 2 nitrogen and oxygen atoms in total. The van der Waals surface area contributed by atoms with Gasteiger partial charge >= 0.3 is 0 Å². The van der Waals surface area contributed by atoms with Crippen LogP contribution in [0, 0.1) is 0 Å². The van der Waals surface area contributed by atoms with Gasteiger partial charge in [-0.25, -0.2) is 0 Å². The molecule has 2 heteroatoms. The minimum atomic E-state index is 0.758. The SMILES string of the molecule is CCCCCCCCCCC1CN(C)CCN1. The summed E-state index contributed by atoms with van der Waals surface area (Å²) < 4.78 is 0. The molecule has 0 aromatic rings. The summed E-state index contributed by atoms with van der Waals surface area (Å²) >= 11 is 0. The highest BCUT2D eigenvalue weighted by atomic mass is 15.2. The van der Waals surface area contributed by atoms with Crippen molar-refractivity contribution in [3.05, 3.63) is 0 Å². The predicted molar refractivity (Wildman–Crippen MR) is 76.5 cm³/mol. The van der Waals surface area contributed by atoms with E-state index in [1.807, 2.05) is 0 Å². The van der Waals surface area contributed by atoms with Crippen molar-refractivity contribution in [2.45, 2.75) is 70.8 Å². The second-order valence-electron chi connectivity index (χ2n) is 5.68. The Bertz CT molecular complexity index is 170. The molecule has 1 N–H and O–H groups in total. The van der Waals surface area contributed by atoms with Crippen molar-refractivity contribution in [3.63, 3.8) is 0 Å². The van der Waals surface area contributed by atoms with Crippen LogP contribution in [0.15, 0.2) is 0 Å². The minimum Gasteiger partial charge on any atom is -0.311 e. The van der Waals surface area contributed by atoms with E-state index in [1.54, 1.807) is 0 Å². The fourth-order valence-corrected chi connectivity index (χ4v) is 2.71. The van der Waals surface area contributed by atoms with E-state index in [2.05, 4.69) is 24.2 Å². The molecule has 0 aromatic heterocycles. The maximum Gasteiger partial charge on any atom is 0.0195 e. The standard InChI is InChI=1S/C15H32N2/c1-3-4-5-6-7-8-9-10-11-15-14-17(2)13-12-16-15/h15-16H,3-14H2,1-2H3. The maximum atomic E-state index is 3.63. The van der Waals surface area contributed by atoms with Crippen LogP contribution in [0.1, 0.15) is 64.7 Å². The summed E-state index contributed by atoms with van der Waals surface area (Å²) in [5.74, 6) is 0. The van der Waals surface area contributed by atoms with Crippen molar-refractivity contribution < 1.29 is 0 Å². The molecule has 1 aliphatic rings. The average molecular weight is 240 g/mol. The van der Waals surface area contributed by atoms with Crippen molar-refractivity contribution >= 4 is 0 Å². The normalized spacial score (nSPS) is 21.9. The quantitative estimate of drug-likeness (QED) is 0.621. The van der Waals surface area contributed by atoms with Gasteiger partial charge in [-0.15, -0.1) is 0 Å². The lowest BCUT2D eigenvalue weighted by molar-refractivity contribution is 0.229. The van der Waals surface area contributed by atoms with E-state index in [0.717, 1.165) is 6.04 Å². The van der Waals surface area contributed by atoms with Crippen LogP contribution in [0.5, 0.6) is 0 Å². The monoisotopic (exact) mass is 240 g/mol. The number of unbranched alkanes of at least 4 members (excludes halogenated alkanes) is 7. The Morgan fingerprint density at radius 2 is 1.65 bits per heavy atom. The van der Waals surface area contributed by atoms with Gasteiger partial charge in [-0.2, -0.15) is 0 Å². The second kappa shape index (κ2) is 9.90. The zero-order chi connectivity index (χ0) is 12.3. The number of likely N-dealkylation sites (N-methyl/N-ethyl adjacent to an activating group) is 1. The molecule has 102 valence electrons. The van der Waals surface area contributed by atoms with Crippen LogP contribution in [0.4, 0.5) is 0 Å². The van der Waals surface area contributed by atoms with Gasteiger partial charge in [-0.05, 0) is 13.5 Å². The van der Waals surface area contributed by atoms with Crippen LogP contribution in [-0.4, -0.2) is 37.6 Å². The van der Waals surface area contributed by atoms with E-state index in [-0.39, 0.29) is 0 Å². The first-order valence-corrected chi connectivity index (χ1v) is 7.75. The van der Waals surface area contributed by atoms with E-state index < -0.39 is 0 Å². The molecule has 0 radical (unpaired) electrons. The summed E-state index contributed by atoms with van der Waals surface area (Å²) in [5.41, 5.74) is 0. The molecule has 0 bridgehead atoms.